The van der Waals surface area contributed by atoms with Crippen LogP contribution in [0.5, 0.6) is 0 Å². The summed E-state index contributed by atoms with van der Waals surface area (Å²) in [7, 11) is 0. The number of aliphatic hydroxyl groups is 2. The van der Waals surface area contributed by atoms with Gasteiger partial charge in [-0.2, -0.15) is 0 Å². The average molecular weight is 205 g/mol. The van der Waals surface area contributed by atoms with Gasteiger partial charge in [0.05, 0.1) is 0 Å². The van der Waals surface area contributed by atoms with Gasteiger partial charge in [0.2, 0.25) is 5.72 Å². The van der Waals surface area contributed by atoms with Gasteiger partial charge in [0.1, 0.15) is 5.60 Å². The van der Waals surface area contributed by atoms with Crippen LogP contribution in [-0.4, -0.2) is 34.1 Å². The molecule has 0 aliphatic heterocycles. The van der Waals surface area contributed by atoms with Gasteiger partial charge < -0.3 is 14.9 Å². The highest BCUT2D eigenvalue weighted by Crippen LogP contribution is 2.14. The zero-order valence-electron chi connectivity index (χ0n) is 8.91. The van der Waals surface area contributed by atoms with Gasteiger partial charge in [-0.15, -0.1) is 0 Å². The quantitative estimate of drug-likeness (QED) is 0.434. The van der Waals surface area contributed by atoms with Gasteiger partial charge in [0.25, 0.3) is 0 Å². The smallest absolute Gasteiger partial charge is 0.353 e. The lowest BCUT2D eigenvalue weighted by Crippen LogP contribution is -2.51. The fraction of sp³-hybridized carbons (Fsp3) is 0.889. The molecule has 0 saturated carbocycles. The molecule has 1 atom stereocenters. The van der Waals surface area contributed by atoms with Crippen molar-refractivity contribution in [2.24, 2.45) is 5.73 Å². The van der Waals surface area contributed by atoms with Crippen LogP contribution in [0.4, 0.5) is 0 Å². The molecular formula is C9H19NO4. The molecule has 14 heavy (non-hydrogen) atoms. The second-order valence-corrected chi connectivity index (χ2v) is 4.25. The molecule has 0 spiro atoms. The first-order valence-corrected chi connectivity index (χ1v) is 4.54. The average Bonchev–Trinajstić information content (AvgIpc) is 1.97. The van der Waals surface area contributed by atoms with Gasteiger partial charge in [-0.25, -0.2) is 4.79 Å². The van der Waals surface area contributed by atoms with E-state index in [0.29, 0.717) is 0 Å². The van der Waals surface area contributed by atoms with E-state index in [-0.39, 0.29) is 19.4 Å². The number of carbonyl (C=O) groups is 1. The molecule has 0 aromatic rings. The number of ether oxygens (including phenoxy) is 1. The minimum absolute atomic E-state index is 0.0155. The number of nitrogens with two attached hydrogens (primary N) is 1. The maximum Gasteiger partial charge on any atom is 0.353 e. The van der Waals surface area contributed by atoms with Gasteiger partial charge in [-0.3, -0.25) is 5.73 Å². The van der Waals surface area contributed by atoms with Crippen LogP contribution in [0.2, 0.25) is 0 Å². The Bertz CT molecular complexity index is 195. The highest BCUT2D eigenvalue weighted by Gasteiger charge is 2.34. The normalized spacial score (nSPS) is 16.1. The van der Waals surface area contributed by atoms with E-state index in [1.54, 1.807) is 20.8 Å². The highest BCUT2D eigenvalue weighted by atomic mass is 16.6. The van der Waals surface area contributed by atoms with Gasteiger partial charge in [-0.1, -0.05) is 0 Å². The summed E-state index contributed by atoms with van der Waals surface area (Å²) in [5, 5.41) is 18.0. The highest BCUT2D eigenvalue weighted by molar-refractivity contribution is 5.78. The van der Waals surface area contributed by atoms with E-state index in [9.17, 15) is 9.90 Å². The monoisotopic (exact) mass is 205 g/mol. The summed E-state index contributed by atoms with van der Waals surface area (Å²) < 4.78 is 4.90. The zero-order valence-corrected chi connectivity index (χ0v) is 8.91. The van der Waals surface area contributed by atoms with Gasteiger partial charge in [-0.05, 0) is 27.2 Å². The Morgan fingerprint density at radius 3 is 2.29 bits per heavy atom. The van der Waals surface area contributed by atoms with Gasteiger partial charge in [0, 0.05) is 13.0 Å². The van der Waals surface area contributed by atoms with Crippen molar-refractivity contribution in [3.8, 4) is 0 Å². The molecule has 0 bridgehead atoms. The lowest BCUT2D eigenvalue weighted by atomic mass is 10.1. The van der Waals surface area contributed by atoms with Crippen LogP contribution >= 0.6 is 0 Å². The predicted octanol–water partition coefficient (Wildman–Crippen LogP) is -0.252. The summed E-state index contributed by atoms with van der Waals surface area (Å²) in [6.45, 7) is 4.94. The summed E-state index contributed by atoms with van der Waals surface area (Å²) in [4.78, 5) is 11.3. The summed E-state index contributed by atoms with van der Waals surface area (Å²) in [6, 6.07) is 0. The summed E-state index contributed by atoms with van der Waals surface area (Å²) in [5.41, 5.74) is 2.64. The standard InChI is InChI=1S/C9H19NO4/c1-8(2,3)14-7(12)9(10,13)5-4-6-11/h11,13H,4-6,10H2,1-3H3. The minimum Gasteiger partial charge on any atom is -0.457 e. The topological polar surface area (TPSA) is 92.8 Å². The third-order valence-electron chi connectivity index (χ3n) is 1.47. The second kappa shape index (κ2) is 4.72. The third-order valence-corrected chi connectivity index (χ3v) is 1.47. The van der Waals surface area contributed by atoms with Crippen LogP contribution < -0.4 is 5.73 Å². The van der Waals surface area contributed by atoms with Crippen molar-refractivity contribution in [2.45, 2.75) is 44.9 Å². The molecule has 5 heteroatoms. The van der Waals surface area contributed by atoms with Crippen LogP contribution in [-0.2, 0) is 9.53 Å². The van der Waals surface area contributed by atoms with E-state index in [2.05, 4.69) is 0 Å². The van der Waals surface area contributed by atoms with E-state index in [4.69, 9.17) is 15.6 Å². The van der Waals surface area contributed by atoms with Crippen LogP contribution in [0.1, 0.15) is 33.6 Å². The molecule has 0 aromatic heterocycles. The number of rotatable bonds is 4. The van der Waals surface area contributed by atoms with Crippen molar-refractivity contribution in [2.75, 3.05) is 6.61 Å². The molecule has 5 nitrogen and oxygen atoms in total. The molecule has 0 heterocycles. The molecule has 0 rings (SSSR count). The molecule has 1 unspecified atom stereocenters. The van der Waals surface area contributed by atoms with E-state index < -0.39 is 17.3 Å². The second-order valence-electron chi connectivity index (χ2n) is 4.25. The molecule has 4 N–H and O–H groups in total. The molecule has 84 valence electrons. The molecular weight excluding hydrogens is 186 g/mol. The number of esters is 1. The minimum atomic E-state index is -2.00. The number of aliphatic hydroxyl groups excluding tert-OH is 1. The Kier molecular flexibility index (Phi) is 4.51. The Balaban J connectivity index is 4.21. The number of hydrogen-bond donors (Lipinski definition) is 3. The largest absolute Gasteiger partial charge is 0.457 e. The van der Waals surface area contributed by atoms with Crippen molar-refractivity contribution in [3.05, 3.63) is 0 Å². The molecule has 0 aliphatic rings. The molecule has 0 radical (unpaired) electrons. The Labute approximate surface area is 83.9 Å². The summed E-state index contributed by atoms with van der Waals surface area (Å²) in [6.07, 6.45) is 0.241. The van der Waals surface area contributed by atoms with Crippen LogP contribution in [0.15, 0.2) is 0 Å². The van der Waals surface area contributed by atoms with Gasteiger partial charge >= 0.3 is 5.97 Å². The van der Waals surface area contributed by atoms with Crippen molar-refractivity contribution in [3.63, 3.8) is 0 Å². The molecule has 0 amide bonds. The SMILES string of the molecule is CC(C)(C)OC(=O)C(N)(O)CCCO. The molecule has 0 aliphatic carbocycles. The lowest BCUT2D eigenvalue weighted by molar-refractivity contribution is -0.177. The third kappa shape index (κ3) is 5.16. The molecule has 0 fully saturated rings. The predicted molar refractivity (Wildman–Crippen MR) is 51.3 cm³/mol. The van der Waals surface area contributed by atoms with Crippen molar-refractivity contribution in [1.29, 1.82) is 0 Å². The summed E-state index contributed by atoms with van der Waals surface area (Å²) >= 11 is 0. The van der Waals surface area contributed by atoms with Crippen molar-refractivity contribution >= 4 is 5.97 Å². The molecule has 0 aromatic carbocycles. The fourth-order valence-corrected chi connectivity index (χ4v) is 0.817. The summed E-state index contributed by atoms with van der Waals surface area (Å²) in [5.74, 6) is -0.863. The Morgan fingerprint density at radius 1 is 1.43 bits per heavy atom. The van der Waals surface area contributed by atoms with Crippen LogP contribution in [0.3, 0.4) is 0 Å². The van der Waals surface area contributed by atoms with E-state index >= 15 is 0 Å². The maximum absolute atomic E-state index is 11.3. The first kappa shape index (κ1) is 13.4. The van der Waals surface area contributed by atoms with Crippen molar-refractivity contribution in [1.82, 2.24) is 0 Å². The lowest BCUT2D eigenvalue weighted by Gasteiger charge is -2.26. The van der Waals surface area contributed by atoms with E-state index in [0.717, 1.165) is 0 Å². The van der Waals surface area contributed by atoms with Crippen LogP contribution in [0.25, 0.3) is 0 Å². The van der Waals surface area contributed by atoms with E-state index in [1.165, 1.54) is 0 Å². The maximum atomic E-state index is 11.3. The Morgan fingerprint density at radius 2 is 1.93 bits per heavy atom. The van der Waals surface area contributed by atoms with E-state index in [1.807, 2.05) is 0 Å². The molecule has 0 saturated heterocycles. The van der Waals surface area contributed by atoms with Crippen molar-refractivity contribution < 1.29 is 19.7 Å². The first-order chi connectivity index (χ1) is 6.19. The number of carbonyl (C=O) groups excluding carboxylic acids is 1. The number of hydrogen-bond acceptors (Lipinski definition) is 5. The van der Waals surface area contributed by atoms with Crippen LogP contribution in [0, 0.1) is 0 Å². The zero-order chi connectivity index (χ0) is 11.4. The fourth-order valence-electron chi connectivity index (χ4n) is 0.817. The van der Waals surface area contributed by atoms with Gasteiger partial charge in [0.15, 0.2) is 0 Å². The Hall–Kier alpha value is -0.650. The first-order valence-electron chi connectivity index (χ1n) is 4.54.